The van der Waals surface area contributed by atoms with E-state index in [-0.39, 0.29) is 0 Å². The van der Waals surface area contributed by atoms with E-state index < -0.39 is 0 Å². The zero-order chi connectivity index (χ0) is 11.4. The molecule has 0 radical (unpaired) electrons. The summed E-state index contributed by atoms with van der Waals surface area (Å²) in [6, 6.07) is 8.29. The summed E-state index contributed by atoms with van der Waals surface area (Å²) >= 11 is 11.5. The lowest BCUT2D eigenvalue weighted by atomic mass is 9.95. The van der Waals surface area contributed by atoms with Crippen molar-refractivity contribution in [1.82, 2.24) is 5.32 Å². The predicted octanol–water partition coefficient (Wildman–Crippen LogP) is 3.94. The molecule has 0 spiro atoms. The summed E-state index contributed by atoms with van der Waals surface area (Å²) in [4.78, 5) is 0.789. The zero-order valence-corrected chi connectivity index (χ0v) is 10.8. The van der Waals surface area contributed by atoms with Gasteiger partial charge in [0.2, 0.25) is 0 Å². The molecular formula is C13H16ClNS. The number of rotatable bonds is 2. The van der Waals surface area contributed by atoms with Crippen molar-refractivity contribution in [3.05, 3.63) is 34.9 Å². The predicted molar refractivity (Wildman–Crippen MR) is 73.2 cm³/mol. The van der Waals surface area contributed by atoms with E-state index in [1.165, 1.54) is 32.1 Å². The summed E-state index contributed by atoms with van der Waals surface area (Å²) in [5.74, 6) is 0. The fourth-order valence-electron chi connectivity index (χ4n) is 2.16. The first-order valence-electron chi connectivity index (χ1n) is 5.83. The van der Waals surface area contributed by atoms with E-state index in [4.69, 9.17) is 23.8 Å². The molecule has 1 saturated carbocycles. The second-order valence-electron chi connectivity index (χ2n) is 4.29. The Labute approximate surface area is 107 Å². The molecule has 3 heteroatoms. The highest BCUT2D eigenvalue weighted by molar-refractivity contribution is 7.80. The fourth-order valence-corrected chi connectivity index (χ4v) is 2.79. The third-order valence-electron chi connectivity index (χ3n) is 3.06. The second kappa shape index (κ2) is 5.65. The van der Waals surface area contributed by atoms with E-state index in [1.807, 2.05) is 24.3 Å². The van der Waals surface area contributed by atoms with Crippen LogP contribution in [0.3, 0.4) is 0 Å². The minimum absolute atomic E-state index is 0.539. The van der Waals surface area contributed by atoms with E-state index in [0.717, 1.165) is 15.6 Å². The zero-order valence-electron chi connectivity index (χ0n) is 9.21. The van der Waals surface area contributed by atoms with Gasteiger partial charge >= 0.3 is 0 Å². The van der Waals surface area contributed by atoms with Gasteiger partial charge in [0.15, 0.2) is 0 Å². The lowest BCUT2D eigenvalue weighted by Gasteiger charge is -2.24. The van der Waals surface area contributed by atoms with Crippen LogP contribution >= 0.6 is 23.8 Å². The van der Waals surface area contributed by atoms with Crippen molar-refractivity contribution in [3.63, 3.8) is 0 Å². The van der Waals surface area contributed by atoms with Gasteiger partial charge in [-0.25, -0.2) is 0 Å². The van der Waals surface area contributed by atoms with Crippen molar-refractivity contribution >= 4 is 28.8 Å². The molecular weight excluding hydrogens is 238 g/mol. The standard InChI is InChI=1S/C13H16ClNS/c14-12-9-5-4-8-11(12)13(16)15-10-6-2-1-3-7-10/h4-5,8-10H,1-3,6-7H2,(H,15,16). The van der Waals surface area contributed by atoms with Crippen molar-refractivity contribution in [2.45, 2.75) is 38.1 Å². The summed E-state index contributed by atoms with van der Waals surface area (Å²) in [7, 11) is 0. The molecule has 1 aliphatic carbocycles. The van der Waals surface area contributed by atoms with Gasteiger partial charge in [0.25, 0.3) is 0 Å². The van der Waals surface area contributed by atoms with Crippen LogP contribution in [0.1, 0.15) is 37.7 Å². The maximum atomic E-state index is 6.11. The third kappa shape index (κ3) is 2.96. The van der Waals surface area contributed by atoms with Gasteiger partial charge in [-0.1, -0.05) is 61.3 Å². The molecule has 0 saturated heterocycles. The quantitative estimate of drug-likeness (QED) is 0.802. The minimum atomic E-state index is 0.539. The Kier molecular flexibility index (Phi) is 4.19. The molecule has 1 N–H and O–H groups in total. The van der Waals surface area contributed by atoms with Gasteiger partial charge in [-0.15, -0.1) is 0 Å². The average molecular weight is 254 g/mol. The Morgan fingerprint density at radius 3 is 2.56 bits per heavy atom. The molecule has 1 aliphatic rings. The van der Waals surface area contributed by atoms with Crippen molar-refractivity contribution < 1.29 is 0 Å². The lowest BCUT2D eigenvalue weighted by molar-refractivity contribution is 0.415. The highest BCUT2D eigenvalue weighted by atomic mass is 35.5. The van der Waals surface area contributed by atoms with Crippen molar-refractivity contribution in [2.24, 2.45) is 0 Å². The molecule has 0 aromatic heterocycles. The monoisotopic (exact) mass is 253 g/mol. The van der Waals surface area contributed by atoms with Gasteiger partial charge < -0.3 is 5.32 Å². The van der Waals surface area contributed by atoms with Gasteiger partial charge in [0, 0.05) is 11.6 Å². The summed E-state index contributed by atoms with van der Waals surface area (Å²) in [5, 5.41) is 4.16. The largest absolute Gasteiger partial charge is 0.373 e. The van der Waals surface area contributed by atoms with Gasteiger partial charge in [0.05, 0.1) is 5.02 Å². The minimum Gasteiger partial charge on any atom is -0.373 e. The number of halogens is 1. The van der Waals surface area contributed by atoms with Crippen LogP contribution in [-0.4, -0.2) is 11.0 Å². The van der Waals surface area contributed by atoms with Crippen molar-refractivity contribution in [2.75, 3.05) is 0 Å². The molecule has 0 amide bonds. The van der Waals surface area contributed by atoms with Crippen molar-refractivity contribution in [3.8, 4) is 0 Å². The SMILES string of the molecule is S=C(NC1CCCCC1)c1ccccc1Cl. The number of hydrogen-bond donors (Lipinski definition) is 1. The third-order valence-corrected chi connectivity index (χ3v) is 3.73. The Hall–Kier alpha value is -0.600. The summed E-state index contributed by atoms with van der Waals surface area (Å²) in [6.45, 7) is 0. The first-order chi connectivity index (χ1) is 7.77. The molecule has 86 valence electrons. The van der Waals surface area contributed by atoms with Crippen LogP contribution in [-0.2, 0) is 0 Å². The van der Waals surface area contributed by atoms with E-state index in [9.17, 15) is 0 Å². The molecule has 2 rings (SSSR count). The molecule has 0 atom stereocenters. The van der Waals surface area contributed by atoms with E-state index in [0.29, 0.717) is 6.04 Å². The smallest absolute Gasteiger partial charge is 0.108 e. The van der Waals surface area contributed by atoms with Gasteiger partial charge in [-0.2, -0.15) is 0 Å². The van der Waals surface area contributed by atoms with Gasteiger partial charge in [0.1, 0.15) is 4.99 Å². The summed E-state index contributed by atoms with van der Waals surface area (Å²) in [6.07, 6.45) is 6.43. The molecule has 1 nitrogen and oxygen atoms in total. The topological polar surface area (TPSA) is 12.0 Å². The van der Waals surface area contributed by atoms with Crippen LogP contribution in [0.2, 0.25) is 5.02 Å². The molecule has 0 aliphatic heterocycles. The van der Waals surface area contributed by atoms with E-state index in [2.05, 4.69) is 5.32 Å². The average Bonchev–Trinajstić information content (AvgIpc) is 2.31. The first kappa shape index (κ1) is 11.9. The van der Waals surface area contributed by atoms with Gasteiger partial charge in [-0.3, -0.25) is 0 Å². The van der Waals surface area contributed by atoms with E-state index >= 15 is 0 Å². The Morgan fingerprint density at radius 1 is 1.19 bits per heavy atom. The summed E-state index contributed by atoms with van der Waals surface area (Å²) < 4.78 is 0. The van der Waals surface area contributed by atoms with Crippen LogP contribution in [0.4, 0.5) is 0 Å². The first-order valence-corrected chi connectivity index (χ1v) is 6.61. The maximum Gasteiger partial charge on any atom is 0.108 e. The number of nitrogens with one attached hydrogen (secondary N) is 1. The van der Waals surface area contributed by atoms with Crippen LogP contribution in [0.5, 0.6) is 0 Å². The Morgan fingerprint density at radius 2 is 1.88 bits per heavy atom. The van der Waals surface area contributed by atoms with Crippen LogP contribution in [0.15, 0.2) is 24.3 Å². The van der Waals surface area contributed by atoms with E-state index in [1.54, 1.807) is 0 Å². The van der Waals surface area contributed by atoms with Crippen LogP contribution in [0.25, 0.3) is 0 Å². The molecule has 1 aromatic rings. The number of thiocarbonyl (C=S) groups is 1. The highest BCUT2D eigenvalue weighted by Crippen LogP contribution is 2.20. The molecule has 0 bridgehead atoms. The molecule has 16 heavy (non-hydrogen) atoms. The lowest BCUT2D eigenvalue weighted by Crippen LogP contribution is -2.35. The molecule has 1 fully saturated rings. The molecule has 0 unspecified atom stereocenters. The Balaban J connectivity index is 2.00. The number of hydrogen-bond acceptors (Lipinski definition) is 1. The maximum absolute atomic E-state index is 6.11. The molecule has 1 aromatic carbocycles. The van der Waals surface area contributed by atoms with Gasteiger partial charge in [-0.05, 0) is 18.9 Å². The molecule has 0 heterocycles. The van der Waals surface area contributed by atoms with Crippen LogP contribution in [0, 0.1) is 0 Å². The number of benzene rings is 1. The normalized spacial score (nSPS) is 17.1. The Bertz CT molecular complexity index is 372. The summed E-state index contributed by atoms with van der Waals surface area (Å²) in [5.41, 5.74) is 0.949. The van der Waals surface area contributed by atoms with Crippen molar-refractivity contribution in [1.29, 1.82) is 0 Å². The van der Waals surface area contributed by atoms with Crippen LogP contribution < -0.4 is 5.32 Å². The fraction of sp³-hybridized carbons (Fsp3) is 0.462. The second-order valence-corrected chi connectivity index (χ2v) is 5.10. The highest BCUT2D eigenvalue weighted by Gasteiger charge is 2.15.